The van der Waals surface area contributed by atoms with Crippen molar-refractivity contribution >= 4 is 21.8 Å². The molecule has 1 aromatic heterocycles. The summed E-state index contributed by atoms with van der Waals surface area (Å²) in [5.41, 5.74) is 1.37. The molecule has 0 spiro atoms. The van der Waals surface area contributed by atoms with Gasteiger partial charge in [0.05, 0.1) is 17.5 Å². The van der Waals surface area contributed by atoms with Crippen LogP contribution in [0.3, 0.4) is 0 Å². The third-order valence-electron chi connectivity index (χ3n) is 5.22. The van der Waals surface area contributed by atoms with E-state index in [0.717, 1.165) is 12.1 Å². The van der Waals surface area contributed by atoms with Crippen LogP contribution in [0.25, 0.3) is 0 Å². The molecule has 1 fully saturated rings. The number of carbonyl (C=O) groups excluding carboxylic acids is 2. The Balaban J connectivity index is 1.97. The molecule has 1 aliphatic rings. The summed E-state index contributed by atoms with van der Waals surface area (Å²) in [6, 6.07) is 3.28. The highest BCUT2D eigenvalue weighted by atomic mass is 32.2. The van der Waals surface area contributed by atoms with Crippen LogP contribution in [-0.4, -0.2) is 48.2 Å². The number of aryl methyl sites for hydroxylation is 1. The van der Waals surface area contributed by atoms with E-state index in [9.17, 15) is 22.4 Å². The molecule has 1 aliphatic carbocycles. The maximum absolute atomic E-state index is 13.3. The van der Waals surface area contributed by atoms with Crippen LogP contribution in [0.5, 0.6) is 0 Å². The van der Waals surface area contributed by atoms with Gasteiger partial charge in [-0.2, -0.15) is 4.31 Å². The minimum Gasteiger partial charge on any atom is -0.461 e. The summed E-state index contributed by atoms with van der Waals surface area (Å²) < 4.78 is 46.0. The first kappa shape index (κ1) is 22.2. The molecular formula is C21H25FN2O5S. The van der Waals surface area contributed by atoms with E-state index < -0.39 is 33.6 Å². The summed E-state index contributed by atoms with van der Waals surface area (Å²) in [7, 11) is -4.01. The molecule has 1 heterocycles. The SMILES string of the molecule is CCOC(=O)c1[nH]c(C)c(C(=O)C(C)N(C2CC2)S(=O)(=O)c2ccc(F)cc2)c1C. The first-order valence-corrected chi connectivity index (χ1v) is 11.2. The third kappa shape index (κ3) is 4.04. The maximum Gasteiger partial charge on any atom is 0.355 e. The molecule has 0 aliphatic heterocycles. The summed E-state index contributed by atoms with van der Waals surface area (Å²) in [6.07, 6.45) is 1.30. The van der Waals surface area contributed by atoms with Gasteiger partial charge in [-0.15, -0.1) is 0 Å². The molecule has 0 saturated heterocycles. The number of halogens is 1. The molecule has 30 heavy (non-hydrogen) atoms. The lowest BCUT2D eigenvalue weighted by atomic mass is 10.0. The number of sulfonamides is 1. The molecule has 1 unspecified atom stereocenters. The molecule has 0 bridgehead atoms. The lowest BCUT2D eigenvalue weighted by Crippen LogP contribution is -2.45. The Morgan fingerprint density at radius 1 is 1.23 bits per heavy atom. The molecule has 162 valence electrons. The van der Waals surface area contributed by atoms with Gasteiger partial charge in [0.2, 0.25) is 10.0 Å². The van der Waals surface area contributed by atoms with Gasteiger partial charge in [0, 0.05) is 17.3 Å². The average molecular weight is 437 g/mol. The predicted octanol–water partition coefficient (Wildman–Crippen LogP) is 3.37. The summed E-state index contributed by atoms with van der Waals surface area (Å²) >= 11 is 0. The third-order valence-corrected chi connectivity index (χ3v) is 7.26. The molecule has 9 heteroatoms. The van der Waals surface area contributed by atoms with Crippen LogP contribution in [0.4, 0.5) is 4.39 Å². The van der Waals surface area contributed by atoms with Gasteiger partial charge in [0.1, 0.15) is 11.5 Å². The van der Waals surface area contributed by atoms with E-state index in [2.05, 4.69) is 4.98 Å². The number of benzene rings is 1. The fourth-order valence-electron chi connectivity index (χ4n) is 3.63. The largest absolute Gasteiger partial charge is 0.461 e. The van der Waals surface area contributed by atoms with E-state index in [0.29, 0.717) is 24.1 Å². The first-order chi connectivity index (χ1) is 14.1. The van der Waals surface area contributed by atoms with Crippen molar-refractivity contribution in [1.29, 1.82) is 0 Å². The standard InChI is InChI=1S/C21H25FN2O5S/c1-5-29-21(26)19-12(2)18(13(3)23-19)20(25)14(4)24(16-8-9-16)30(27,28)17-10-6-15(22)7-11-17/h6-7,10-11,14,16,23H,5,8-9H2,1-4H3. The predicted molar refractivity (Wildman–Crippen MR) is 108 cm³/mol. The number of ketones is 1. The van der Waals surface area contributed by atoms with Gasteiger partial charge < -0.3 is 9.72 Å². The number of hydrogen-bond donors (Lipinski definition) is 1. The van der Waals surface area contributed by atoms with Crippen LogP contribution in [0, 0.1) is 19.7 Å². The molecule has 1 N–H and O–H groups in total. The van der Waals surface area contributed by atoms with E-state index in [1.807, 2.05) is 0 Å². The van der Waals surface area contributed by atoms with Gasteiger partial charge in [0.25, 0.3) is 0 Å². The maximum atomic E-state index is 13.3. The van der Waals surface area contributed by atoms with Crippen LogP contribution < -0.4 is 0 Å². The van der Waals surface area contributed by atoms with Gasteiger partial charge >= 0.3 is 5.97 Å². The van der Waals surface area contributed by atoms with E-state index >= 15 is 0 Å². The number of H-pyrrole nitrogens is 1. The van der Waals surface area contributed by atoms with E-state index in [1.54, 1.807) is 20.8 Å². The van der Waals surface area contributed by atoms with Crippen molar-refractivity contribution in [3.05, 3.63) is 52.6 Å². The molecule has 1 aromatic carbocycles. The Hall–Kier alpha value is -2.52. The number of nitrogens with zero attached hydrogens (tertiary/aromatic N) is 1. The second kappa shape index (κ2) is 8.31. The van der Waals surface area contributed by atoms with Crippen LogP contribution in [0.15, 0.2) is 29.2 Å². The second-order valence-electron chi connectivity index (χ2n) is 7.41. The van der Waals surface area contributed by atoms with Gasteiger partial charge in [-0.1, -0.05) is 0 Å². The minimum absolute atomic E-state index is 0.0647. The van der Waals surface area contributed by atoms with Gasteiger partial charge in [-0.05, 0) is 70.4 Å². The normalized spacial score (nSPS) is 15.3. The van der Waals surface area contributed by atoms with Crippen LogP contribution in [-0.2, 0) is 14.8 Å². The lowest BCUT2D eigenvalue weighted by molar-refractivity contribution is 0.0519. The van der Waals surface area contributed by atoms with Gasteiger partial charge in [-0.25, -0.2) is 17.6 Å². The number of aromatic nitrogens is 1. The van der Waals surface area contributed by atoms with Crippen molar-refractivity contribution in [2.75, 3.05) is 6.61 Å². The fraction of sp³-hybridized carbons (Fsp3) is 0.429. The number of esters is 1. The zero-order valence-corrected chi connectivity index (χ0v) is 18.2. The molecule has 3 rings (SSSR count). The highest BCUT2D eigenvalue weighted by Crippen LogP contribution is 2.35. The Morgan fingerprint density at radius 2 is 1.83 bits per heavy atom. The van der Waals surface area contributed by atoms with Crippen molar-refractivity contribution in [2.24, 2.45) is 0 Å². The van der Waals surface area contributed by atoms with E-state index in [-0.39, 0.29) is 28.8 Å². The number of rotatable bonds is 8. The topological polar surface area (TPSA) is 96.5 Å². The molecule has 2 aromatic rings. The number of hydrogen-bond acceptors (Lipinski definition) is 5. The van der Waals surface area contributed by atoms with Gasteiger partial charge in [0.15, 0.2) is 5.78 Å². The highest BCUT2D eigenvalue weighted by molar-refractivity contribution is 7.89. The summed E-state index contributed by atoms with van der Waals surface area (Å²) in [5.74, 6) is -1.52. The van der Waals surface area contributed by atoms with Crippen LogP contribution in [0.2, 0.25) is 0 Å². The molecular weight excluding hydrogens is 411 g/mol. The highest BCUT2D eigenvalue weighted by Gasteiger charge is 2.44. The minimum atomic E-state index is -4.01. The van der Waals surface area contributed by atoms with E-state index in [1.165, 1.54) is 23.4 Å². The second-order valence-corrected chi connectivity index (χ2v) is 9.25. The van der Waals surface area contributed by atoms with Crippen LogP contribution in [0.1, 0.15) is 58.8 Å². The summed E-state index contributed by atoms with van der Waals surface area (Å²) in [5, 5.41) is 0. The Bertz CT molecular complexity index is 1070. The molecule has 1 saturated carbocycles. The zero-order valence-electron chi connectivity index (χ0n) is 17.4. The zero-order chi connectivity index (χ0) is 22.2. The number of nitrogens with one attached hydrogen (secondary N) is 1. The monoisotopic (exact) mass is 436 g/mol. The Morgan fingerprint density at radius 3 is 2.37 bits per heavy atom. The van der Waals surface area contributed by atoms with Crippen molar-refractivity contribution in [1.82, 2.24) is 9.29 Å². The van der Waals surface area contributed by atoms with Gasteiger partial charge in [-0.3, -0.25) is 4.79 Å². The molecule has 1 atom stereocenters. The van der Waals surface area contributed by atoms with Crippen molar-refractivity contribution in [2.45, 2.75) is 57.5 Å². The molecule has 0 amide bonds. The first-order valence-electron chi connectivity index (χ1n) is 9.79. The number of Topliss-reactive ketones (excluding diaryl/α,β-unsaturated/α-hetero) is 1. The molecule has 7 nitrogen and oxygen atoms in total. The number of carbonyl (C=O) groups is 2. The summed E-state index contributed by atoms with van der Waals surface area (Å²) in [4.78, 5) is 28.3. The Labute approximate surface area is 175 Å². The molecule has 0 radical (unpaired) electrons. The van der Waals surface area contributed by atoms with Crippen LogP contribution >= 0.6 is 0 Å². The fourth-order valence-corrected chi connectivity index (χ4v) is 5.47. The smallest absolute Gasteiger partial charge is 0.355 e. The number of ether oxygens (including phenoxy) is 1. The Kier molecular flexibility index (Phi) is 6.14. The number of aromatic amines is 1. The van der Waals surface area contributed by atoms with Crippen molar-refractivity contribution < 1.29 is 27.1 Å². The lowest BCUT2D eigenvalue weighted by Gasteiger charge is -2.27. The van der Waals surface area contributed by atoms with Crippen molar-refractivity contribution in [3.8, 4) is 0 Å². The average Bonchev–Trinajstić information content (AvgIpc) is 3.46. The van der Waals surface area contributed by atoms with Crippen molar-refractivity contribution in [3.63, 3.8) is 0 Å². The summed E-state index contributed by atoms with van der Waals surface area (Å²) in [6.45, 7) is 6.71. The quantitative estimate of drug-likeness (QED) is 0.506. The van der Waals surface area contributed by atoms with E-state index in [4.69, 9.17) is 4.74 Å².